The Bertz CT molecular complexity index is 1910. The molecule has 0 spiro atoms. The fraction of sp³-hybridized carbons (Fsp3) is 0.176. The van der Waals surface area contributed by atoms with Crippen molar-refractivity contribution in [2.45, 2.75) is 19.9 Å². The largest absolute Gasteiger partial charge is 0.493 e. The lowest BCUT2D eigenvalue weighted by atomic mass is 9.92. The summed E-state index contributed by atoms with van der Waals surface area (Å²) in [6.45, 7) is 4.06. The van der Waals surface area contributed by atoms with Gasteiger partial charge in [-0.2, -0.15) is 9.78 Å². The van der Waals surface area contributed by atoms with Gasteiger partial charge >= 0.3 is 0 Å². The molecule has 0 saturated carbocycles. The number of aryl methyl sites for hydroxylation is 2. The van der Waals surface area contributed by atoms with Crippen LogP contribution >= 0.6 is 0 Å². The predicted molar refractivity (Wildman–Crippen MR) is 172 cm³/mol. The van der Waals surface area contributed by atoms with Crippen molar-refractivity contribution >= 4 is 34.6 Å². The average Bonchev–Trinajstić information content (AvgIpc) is 3.40. The average molecular weight is 586 g/mol. The number of nitrogens with zero attached hydrogens (tertiary/aromatic N) is 6. The normalized spacial score (nSPS) is 14.9. The first-order valence-corrected chi connectivity index (χ1v) is 14.2. The molecule has 0 saturated heterocycles. The van der Waals surface area contributed by atoms with E-state index < -0.39 is 0 Å². The number of pyridine rings is 1. The van der Waals surface area contributed by atoms with E-state index in [1.54, 1.807) is 32.2 Å². The van der Waals surface area contributed by atoms with Crippen molar-refractivity contribution in [1.82, 2.24) is 14.8 Å². The second-order valence-corrected chi connectivity index (χ2v) is 10.5. The number of benzene rings is 3. The first-order valence-electron chi connectivity index (χ1n) is 14.2. The van der Waals surface area contributed by atoms with E-state index in [0.29, 0.717) is 40.6 Å². The number of hydrogen-bond donors (Lipinski definition) is 1. The van der Waals surface area contributed by atoms with Crippen LogP contribution in [0.15, 0.2) is 95.0 Å². The number of amidine groups is 2. The van der Waals surface area contributed by atoms with Crippen LogP contribution in [0.3, 0.4) is 0 Å². The molecule has 3 aromatic carbocycles. The van der Waals surface area contributed by atoms with E-state index in [2.05, 4.69) is 40.3 Å². The fourth-order valence-corrected chi connectivity index (χ4v) is 5.78. The summed E-state index contributed by atoms with van der Waals surface area (Å²) < 4.78 is 19.1. The molecule has 0 fully saturated rings. The van der Waals surface area contributed by atoms with Crippen molar-refractivity contribution in [2.24, 2.45) is 9.98 Å². The zero-order valence-electron chi connectivity index (χ0n) is 25.1. The lowest BCUT2D eigenvalue weighted by molar-refractivity contribution is 0.323. The van der Waals surface area contributed by atoms with Crippen LogP contribution in [-0.2, 0) is 0 Å². The van der Waals surface area contributed by atoms with E-state index in [1.807, 2.05) is 67.6 Å². The third-order valence-corrected chi connectivity index (χ3v) is 7.82. The molecule has 2 aliphatic rings. The maximum Gasteiger partial charge on any atom is 0.203 e. The summed E-state index contributed by atoms with van der Waals surface area (Å²) in [5.41, 5.74) is 6.46. The van der Waals surface area contributed by atoms with Gasteiger partial charge in [-0.1, -0.05) is 35.9 Å². The minimum Gasteiger partial charge on any atom is -0.493 e. The van der Waals surface area contributed by atoms with Gasteiger partial charge in [0.15, 0.2) is 34.8 Å². The molecule has 44 heavy (non-hydrogen) atoms. The van der Waals surface area contributed by atoms with Crippen LogP contribution < -0.4 is 24.4 Å². The van der Waals surface area contributed by atoms with E-state index in [0.717, 1.165) is 33.9 Å². The molecule has 10 heteroatoms. The number of anilines is 2. The molecule has 10 nitrogen and oxygen atoms in total. The first-order chi connectivity index (χ1) is 21.5. The Hall–Kier alpha value is -5.64. The zero-order chi connectivity index (χ0) is 30.4. The number of aromatic nitrogens is 3. The summed E-state index contributed by atoms with van der Waals surface area (Å²) in [6, 6.07) is 25.6. The molecule has 2 aliphatic heterocycles. The number of ether oxygens (including phenoxy) is 3. The van der Waals surface area contributed by atoms with E-state index >= 15 is 0 Å². The van der Waals surface area contributed by atoms with E-state index in [-0.39, 0.29) is 6.04 Å². The molecule has 1 atom stereocenters. The first kappa shape index (κ1) is 27.2. The third kappa shape index (κ3) is 4.43. The standard InChI is InChI=1S/C34H31N7O3/c1-20-13-15-23(16-14-20)36-32-34-38-33-29(21(2)39-41(33)28-12-8-9-17-35-28)30(40(34)25-11-7-6-10-24(25)37-32)22-18-26(42-3)31(44-5)27(19-22)43-4/h6-19,30H,1-5H3,(H,36,37)/t30-/m0/s1. The number of methoxy groups -OCH3 is 3. The lowest BCUT2D eigenvalue weighted by Gasteiger charge is -2.40. The number of hydrogen-bond acceptors (Lipinski definition) is 9. The van der Waals surface area contributed by atoms with Gasteiger partial charge in [0.2, 0.25) is 5.75 Å². The molecule has 7 rings (SSSR count). The van der Waals surface area contributed by atoms with Crippen LogP contribution in [0.4, 0.5) is 22.9 Å². The summed E-state index contributed by atoms with van der Waals surface area (Å²) in [6.07, 6.45) is 1.75. The number of rotatable bonds is 6. The van der Waals surface area contributed by atoms with Crippen molar-refractivity contribution in [2.75, 3.05) is 31.5 Å². The number of aliphatic imine (C=N–C) groups is 2. The monoisotopic (exact) mass is 585 g/mol. The molecular weight excluding hydrogens is 554 g/mol. The SMILES string of the molecule is COc1cc([C@H]2c3c(C)nn(-c4ccccn4)c3N=C3C(Nc4ccc(C)cc4)=Nc4ccccc4N32)cc(OC)c1OC. The Morgan fingerprint density at radius 3 is 2.20 bits per heavy atom. The minimum atomic E-state index is -0.380. The molecule has 0 radical (unpaired) electrons. The van der Waals surface area contributed by atoms with Crippen molar-refractivity contribution in [3.8, 4) is 23.1 Å². The molecule has 0 aliphatic carbocycles. The lowest BCUT2D eigenvalue weighted by Crippen LogP contribution is -2.46. The highest BCUT2D eigenvalue weighted by Gasteiger charge is 2.42. The van der Waals surface area contributed by atoms with Gasteiger partial charge in [0, 0.05) is 17.4 Å². The molecule has 2 aromatic heterocycles. The molecule has 5 aromatic rings. The van der Waals surface area contributed by atoms with Crippen LogP contribution in [0.25, 0.3) is 5.82 Å². The van der Waals surface area contributed by atoms with Gasteiger partial charge in [0.25, 0.3) is 0 Å². The summed E-state index contributed by atoms with van der Waals surface area (Å²) in [5, 5.41) is 8.51. The van der Waals surface area contributed by atoms with Crippen LogP contribution in [0.2, 0.25) is 0 Å². The van der Waals surface area contributed by atoms with Crippen LogP contribution in [0.1, 0.15) is 28.4 Å². The van der Waals surface area contributed by atoms with E-state index in [1.165, 1.54) is 5.56 Å². The van der Waals surface area contributed by atoms with Gasteiger partial charge < -0.3 is 24.4 Å². The van der Waals surface area contributed by atoms with Crippen molar-refractivity contribution in [3.05, 3.63) is 107 Å². The quantitative estimate of drug-likeness (QED) is 0.237. The van der Waals surface area contributed by atoms with E-state index in [4.69, 9.17) is 29.3 Å². The number of para-hydroxylation sites is 2. The van der Waals surface area contributed by atoms with Gasteiger partial charge in [0.1, 0.15) is 0 Å². The van der Waals surface area contributed by atoms with Gasteiger partial charge in [-0.25, -0.2) is 15.0 Å². The van der Waals surface area contributed by atoms with Crippen molar-refractivity contribution < 1.29 is 14.2 Å². The molecule has 4 heterocycles. The highest BCUT2D eigenvalue weighted by atomic mass is 16.5. The fourth-order valence-electron chi connectivity index (χ4n) is 5.78. The Kier molecular flexibility index (Phi) is 6.73. The molecule has 0 amide bonds. The van der Waals surface area contributed by atoms with Gasteiger partial charge in [-0.15, -0.1) is 0 Å². The number of nitrogens with one attached hydrogen (secondary N) is 1. The highest BCUT2D eigenvalue weighted by molar-refractivity contribution is 6.51. The molecular formula is C34H31N7O3. The molecule has 0 bridgehead atoms. The second-order valence-electron chi connectivity index (χ2n) is 10.5. The van der Waals surface area contributed by atoms with Gasteiger partial charge in [0.05, 0.1) is 44.4 Å². The van der Waals surface area contributed by atoms with E-state index in [9.17, 15) is 0 Å². The van der Waals surface area contributed by atoms with Gasteiger partial charge in [-0.05, 0) is 67.9 Å². The maximum absolute atomic E-state index is 5.80. The van der Waals surface area contributed by atoms with Crippen LogP contribution in [-0.4, -0.2) is 47.8 Å². The predicted octanol–water partition coefficient (Wildman–Crippen LogP) is 6.71. The Morgan fingerprint density at radius 1 is 0.795 bits per heavy atom. The van der Waals surface area contributed by atoms with Gasteiger partial charge in [-0.3, -0.25) is 0 Å². The second kappa shape index (κ2) is 10.9. The Labute approximate surface area is 255 Å². The summed E-state index contributed by atoms with van der Waals surface area (Å²) >= 11 is 0. The van der Waals surface area contributed by atoms with Crippen molar-refractivity contribution in [1.29, 1.82) is 0 Å². The highest BCUT2D eigenvalue weighted by Crippen LogP contribution is 2.50. The molecule has 0 unspecified atom stereocenters. The maximum atomic E-state index is 5.80. The summed E-state index contributed by atoms with van der Waals surface area (Å²) in [4.78, 5) is 17.2. The molecule has 1 N–H and O–H groups in total. The molecule has 220 valence electrons. The Balaban J connectivity index is 1.52. The van der Waals surface area contributed by atoms with Crippen molar-refractivity contribution in [3.63, 3.8) is 0 Å². The third-order valence-electron chi connectivity index (χ3n) is 7.82. The summed E-state index contributed by atoms with van der Waals surface area (Å²) in [7, 11) is 4.85. The topological polar surface area (TPSA) is 98.4 Å². The van der Waals surface area contributed by atoms with Crippen LogP contribution in [0, 0.1) is 13.8 Å². The smallest absolute Gasteiger partial charge is 0.203 e. The zero-order valence-corrected chi connectivity index (χ0v) is 25.1. The number of fused-ring (bicyclic) bond motifs is 4. The minimum absolute atomic E-state index is 0.380. The Morgan fingerprint density at radius 2 is 1.52 bits per heavy atom. The summed E-state index contributed by atoms with van der Waals surface area (Å²) in [5.74, 6) is 4.23. The van der Waals surface area contributed by atoms with Crippen LogP contribution in [0.5, 0.6) is 17.2 Å².